The highest BCUT2D eigenvalue weighted by atomic mass is 35.5. The van der Waals surface area contributed by atoms with Crippen LogP contribution in [0, 0.1) is 6.92 Å². The average Bonchev–Trinajstić information content (AvgIpc) is 2.44. The Morgan fingerprint density at radius 1 is 1.05 bits per heavy atom. The number of alkyl halides is 1. The van der Waals surface area contributed by atoms with Crippen molar-refractivity contribution in [2.75, 3.05) is 0 Å². The normalized spacial score (nSPS) is 12.6. The number of rotatable bonds is 11. The molecule has 1 aromatic carbocycles. The molecule has 0 amide bonds. The first-order valence-electron chi connectivity index (χ1n) is 8.15. The first-order valence-corrected chi connectivity index (χ1v) is 8.59. The molecule has 1 N–H and O–H groups in total. The third-order valence-electron chi connectivity index (χ3n) is 3.67. The van der Waals surface area contributed by atoms with Gasteiger partial charge in [-0.25, -0.2) is 0 Å². The van der Waals surface area contributed by atoms with Crippen molar-refractivity contribution in [2.45, 2.75) is 77.3 Å². The van der Waals surface area contributed by atoms with Crippen molar-refractivity contribution in [1.82, 2.24) is 5.32 Å². The molecule has 0 spiro atoms. The Bertz CT molecular complexity index is 351. The number of halogens is 1. The molecule has 0 bridgehead atoms. The molecule has 0 heterocycles. The zero-order valence-corrected chi connectivity index (χ0v) is 13.9. The maximum atomic E-state index is 6.32. The molecule has 0 aliphatic rings. The summed E-state index contributed by atoms with van der Waals surface area (Å²) in [5.41, 5.74) is 2.73. The van der Waals surface area contributed by atoms with Crippen LogP contribution < -0.4 is 5.32 Å². The van der Waals surface area contributed by atoms with E-state index in [1.54, 1.807) is 0 Å². The van der Waals surface area contributed by atoms with Crippen LogP contribution in [0.15, 0.2) is 24.3 Å². The number of hydrogen-bond acceptors (Lipinski definition) is 1. The lowest BCUT2D eigenvalue weighted by Gasteiger charge is -2.12. The molecule has 0 saturated heterocycles. The third-order valence-corrected chi connectivity index (χ3v) is 4.04. The standard InChI is InChI=1S/C18H30ClN/c1-3-4-5-6-7-8-9-13-18(19)20-15-17-12-10-11-16(2)14-17/h10-12,14,18,20H,3-9,13,15H2,1-2H3. The summed E-state index contributed by atoms with van der Waals surface area (Å²) in [5.74, 6) is 0. The molecule has 114 valence electrons. The highest BCUT2D eigenvalue weighted by Crippen LogP contribution is 2.12. The predicted molar refractivity (Wildman–Crippen MR) is 90.3 cm³/mol. The van der Waals surface area contributed by atoms with Crippen LogP contribution in [0.3, 0.4) is 0 Å². The summed E-state index contributed by atoms with van der Waals surface area (Å²) in [6.45, 7) is 5.25. The van der Waals surface area contributed by atoms with Crippen LogP contribution in [0.5, 0.6) is 0 Å². The van der Waals surface area contributed by atoms with Crippen molar-refractivity contribution >= 4 is 11.6 Å². The van der Waals surface area contributed by atoms with Gasteiger partial charge in [0.2, 0.25) is 0 Å². The van der Waals surface area contributed by atoms with Crippen LogP contribution in [-0.2, 0) is 6.54 Å². The van der Waals surface area contributed by atoms with Gasteiger partial charge in [-0.2, -0.15) is 0 Å². The molecule has 0 radical (unpaired) electrons. The average molecular weight is 296 g/mol. The number of benzene rings is 1. The van der Waals surface area contributed by atoms with Gasteiger partial charge in [-0.05, 0) is 18.9 Å². The molecule has 2 heteroatoms. The lowest BCUT2D eigenvalue weighted by Crippen LogP contribution is -2.23. The summed E-state index contributed by atoms with van der Waals surface area (Å²) < 4.78 is 0. The zero-order valence-electron chi connectivity index (χ0n) is 13.1. The van der Waals surface area contributed by atoms with Gasteiger partial charge in [0.05, 0.1) is 5.50 Å². The molecule has 0 aliphatic carbocycles. The van der Waals surface area contributed by atoms with Crippen molar-refractivity contribution in [1.29, 1.82) is 0 Å². The monoisotopic (exact) mass is 295 g/mol. The highest BCUT2D eigenvalue weighted by Gasteiger charge is 2.03. The molecule has 20 heavy (non-hydrogen) atoms. The van der Waals surface area contributed by atoms with E-state index < -0.39 is 0 Å². The molecule has 1 atom stereocenters. The summed E-state index contributed by atoms with van der Waals surface area (Å²) in [7, 11) is 0. The molecule has 1 rings (SSSR count). The summed E-state index contributed by atoms with van der Waals surface area (Å²) in [6, 6.07) is 8.59. The van der Waals surface area contributed by atoms with Crippen LogP contribution >= 0.6 is 11.6 Å². The minimum absolute atomic E-state index is 0.103. The van der Waals surface area contributed by atoms with E-state index in [0.29, 0.717) is 0 Å². The fourth-order valence-corrected chi connectivity index (χ4v) is 2.66. The van der Waals surface area contributed by atoms with Gasteiger partial charge in [0, 0.05) is 6.54 Å². The third kappa shape index (κ3) is 8.60. The largest absolute Gasteiger partial charge is 0.297 e. The molecule has 0 saturated carbocycles. The predicted octanol–water partition coefficient (Wildman–Crippen LogP) is 5.79. The minimum atomic E-state index is 0.103. The summed E-state index contributed by atoms with van der Waals surface area (Å²) in [5, 5.41) is 3.40. The fraction of sp³-hybridized carbons (Fsp3) is 0.667. The van der Waals surface area contributed by atoms with Gasteiger partial charge < -0.3 is 0 Å². The quantitative estimate of drug-likeness (QED) is 0.309. The van der Waals surface area contributed by atoms with Gasteiger partial charge in [-0.1, -0.05) is 81.7 Å². The smallest absolute Gasteiger partial charge is 0.0828 e. The molecule has 1 aromatic rings. The first kappa shape index (κ1) is 17.5. The van der Waals surface area contributed by atoms with Gasteiger partial charge in [0.15, 0.2) is 0 Å². The number of aryl methyl sites for hydroxylation is 1. The van der Waals surface area contributed by atoms with Crippen molar-refractivity contribution < 1.29 is 0 Å². The van der Waals surface area contributed by atoms with Gasteiger partial charge >= 0.3 is 0 Å². The van der Waals surface area contributed by atoms with E-state index >= 15 is 0 Å². The SMILES string of the molecule is CCCCCCCCCC(Cl)NCc1cccc(C)c1. The number of unbranched alkanes of at least 4 members (excludes halogenated alkanes) is 6. The Hall–Kier alpha value is -0.530. The van der Waals surface area contributed by atoms with E-state index in [0.717, 1.165) is 13.0 Å². The molecule has 0 aromatic heterocycles. The van der Waals surface area contributed by atoms with E-state index in [4.69, 9.17) is 11.6 Å². The topological polar surface area (TPSA) is 12.0 Å². The lowest BCUT2D eigenvalue weighted by molar-refractivity contribution is 0.533. The van der Waals surface area contributed by atoms with Crippen LogP contribution in [0.1, 0.15) is 69.4 Å². The summed E-state index contributed by atoms with van der Waals surface area (Å²) >= 11 is 6.32. The van der Waals surface area contributed by atoms with Gasteiger partial charge in [-0.3, -0.25) is 5.32 Å². The molecule has 1 unspecified atom stereocenters. The van der Waals surface area contributed by atoms with Gasteiger partial charge in [0.1, 0.15) is 0 Å². The molecule has 1 nitrogen and oxygen atoms in total. The van der Waals surface area contributed by atoms with Gasteiger partial charge in [0.25, 0.3) is 0 Å². The second-order valence-corrected chi connectivity index (χ2v) is 6.27. The maximum absolute atomic E-state index is 6.32. The minimum Gasteiger partial charge on any atom is -0.297 e. The van der Waals surface area contributed by atoms with Gasteiger partial charge in [-0.15, -0.1) is 11.6 Å². The van der Waals surface area contributed by atoms with Crippen molar-refractivity contribution in [2.24, 2.45) is 0 Å². The Kier molecular flexibility index (Phi) is 9.78. The van der Waals surface area contributed by atoms with Crippen LogP contribution in [0.25, 0.3) is 0 Å². The van der Waals surface area contributed by atoms with E-state index in [2.05, 4.69) is 43.4 Å². The Labute approximate surface area is 130 Å². The fourth-order valence-electron chi connectivity index (χ4n) is 2.43. The molecule has 0 aliphatic heterocycles. The maximum Gasteiger partial charge on any atom is 0.0828 e. The molecular weight excluding hydrogens is 266 g/mol. The Morgan fingerprint density at radius 2 is 1.75 bits per heavy atom. The molecular formula is C18H30ClN. The summed E-state index contributed by atoms with van der Waals surface area (Å²) in [4.78, 5) is 0. The van der Waals surface area contributed by atoms with Crippen LogP contribution in [0.4, 0.5) is 0 Å². The zero-order chi connectivity index (χ0) is 14.6. The second-order valence-electron chi connectivity index (χ2n) is 5.75. The number of nitrogens with one attached hydrogen (secondary N) is 1. The second kappa shape index (κ2) is 11.2. The number of hydrogen-bond donors (Lipinski definition) is 1. The lowest BCUT2D eigenvalue weighted by atomic mass is 10.1. The molecule has 0 fully saturated rings. The first-order chi connectivity index (χ1) is 9.72. The Balaban J connectivity index is 2.01. The van der Waals surface area contributed by atoms with E-state index in [1.807, 2.05) is 0 Å². The highest BCUT2D eigenvalue weighted by molar-refractivity contribution is 6.20. The summed E-state index contributed by atoms with van der Waals surface area (Å²) in [6.07, 6.45) is 10.5. The van der Waals surface area contributed by atoms with Crippen molar-refractivity contribution in [3.05, 3.63) is 35.4 Å². The van der Waals surface area contributed by atoms with Crippen LogP contribution in [-0.4, -0.2) is 5.50 Å². The Morgan fingerprint density at radius 3 is 2.45 bits per heavy atom. The van der Waals surface area contributed by atoms with Crippen molar-refractivity contribution in [3.8, 4) is 0 Å². The van der Waals surface area contributed by atoms with Crippen LogP contribution in [0.2, 0.25) is 0 Å². The van der Waals surface area contributed by atoms with Crippen molar-refractivity contribution in [3.63, 3.8) is 0 Å². The van der Waals surface area contributed by atoms with E-state index in [9.17, 15) is 0 Å². The van der Waals surface area contributed by atoms with E-state index in [-0.39, 0.29) is 5.50 Å². The van der Waals surface area contributed by atoms with E-state index in [1.165, 1.54) is 56.1 Å².